The Morgan fingerprint density at radius 1 is 1.28 bits per heavy atom. The highest BCUT2D eigenvalue weighted by Gasteiger charge is 2.43. The molecule has 0 saturated heterocycles. The van der Waals surface area contributed by atoms with E-state index in [1.165, 1.54) is 33.6 Å². The number of rotatable bonds is 4. The summed E-state index contributed by atoms with van der Waals surface area (Å²) in [5.74, 6) is 0.349. The van der Waals surface area contributed by atoms with Crippen molar-refractivity contribution in [2.24, 2.45) is 16.0 Å². The first-order chi connectivity index (χ1) is 13.8. The van der Waals surface area contributed by atoms with Gasteiger partial charge in [0.2, 0.25) is 16.1 Å². The van der Waals surface area contributed by atoms with Gasteiger partial charge in [-0.25, -0.2) is 18.4 Å². The van der Waals surface area contributed by atoms with Gasteiger partial charge in [-0.3, -0.25) is 0 Å². The van der Waals surface area contributed by atoms with E-state index in [1.807, 2.05) is 12.3 Å². The Bertz CT molecular complexity index is 1180. The lowest BCUT2D eigenvalue weighted by Gasteiger charge is -2.27. The minimum absolute atomic E-state index is 0.213. The first-order valence-corrected chi connectivity index (χ1v) is 12.2. The van der Waals surface area contributed by atoms with Crippen molar-refractivity contribution in [1.29, 1.82) is 0 Å². The Morgan fingerprint density at radius 3 is 2.86 bits per heavy atom. The van der Waals surface area contributed by atoms with Gasteiger partial charge < -0.3 is 4.74 Å². The third-order valence-electron chi connectivity index (χ3n) is 6.62. The highest BCUT2D eigenvalue weighted by atomic mass is 32.2. The average Bonchev–Trinajstić information content (AvgIpc) is 3.39. The van der Waals surface area contributed by atoms with Gasteiger partial charge in [-0.1, -0.05) is 6.07 Å². The second-order valence-corrected chi connectivity index (χ2v) is 11.2. The minimum atomic E-state index is -3.73. The molecule has 152 valence electrons. The van der Waals surface area contributed by atoms with Crippen molar-refractivity contribution in [3.05, 3.63) is 44.8 Å². The maximum atomic E-state index is 11.8. The summed E-state index contributed by atoms with van der Waals surface area (Å²) in [5.41, 5.74) is 6.96. The molecule has 8 heteroatoms. The molecule has 0 spiro atoms. The van der Waals surface area contributed by atoms with Crippen molar-refractivity contribution in [1.82, 2.24) is 0 Å². The molecule has 2 unspecified atom stereocenters. The molecule has 0 bridgehead atoms. The summed E-state index contributed by atoms with van der Waals surface area (Å²) in [6, 6.07) is 2.30. The van der Waals surface area contributed by atoms with Gasteiger partial charge >= 0.3 is 0 Å². The molecule has 29 heavy (non-hydrogen) atoms. The number of benzene rings is 1. The normalized spacial score (nSPS) is 24.8. The zero-order valence-corrected chi connectivity index (χ0v) is 17.8. The number of hydrogen-bond acceptors (Lipinski definition) is 6. The Kier molecular flexibility index (Phi) is 4.35. The van der Waals surface area contributed by atoms with Gasteiger partial charge in [0.05, 0.1) is 17.9 Å². The van der Waals surface area contributed by atoms with Crippen LogP contribution in [0.25, 0.3) is 0 Å². The lowest BCUT2D eigenvalue weighted by molar-refractivity contribution is -0.0402. The van der Waals surface area contributed by atoms with Gasteiger partial charge in [0, 0.05) is 11.1 Å². The Labute approximate surface area is 173 Å². The molecular formula is C21H22N2O4S2. The molecule has 0 saturated carbocycles. The third-order valence-corrected chi connectivity index (χ3v) is 9.19. The number of nitrogens with two attached hydrogens (primary N) is 1. The molecule has 1 aliphatic heterocycles. The van der Waals surface area contributed by atoms with Crippen molar-refractivity contribution in [3.63, 3.8) is 0 Å². The maximum absolute atomic E-state index is 11.8. The standard InChI is InChI=1S/C21H22N2O4S2/c1-21(18-10-28-20(29(22,25)26)17(18)9-27-21)8-12-5-14-7-13-3-2-4-15(13)19(23-11-24)16(14)6-12/h7,10,12H,2-6,8-9H2,1H3,(H2,22,25,26). The smallest absolute Gasteiger partial charge is 0.247 e. The molecule has 6 nitrogen and oxygen atoms in total. The second-order valence-electron chi connectivity index (χ2n) is 8.52. The summed E-state index contributed by atoms with van der Waals surface area (Å²) in [5, 5.41) is 7.24. The van der Waals surface area contributed by atoms with Crippen LogP contribution in [0.4, 0.5) is 5.69 Å². The lowest BCUT2D eigenvalue weighted by Crippen LogP contribution is -2.24. The van der Waals surface area contributed by atoms with Crippen LogP contribution in [0.1, 0.15) is 53.1 Å². The zero-order chi connectivity index (χ0) is 20.4. The van der Waals surface area contributed by atoms with E-state index in [2.05, 4.69) is 11.1 Å². The van der Waals surface area contributed by atoms with E-state index in [-0.39, 0.29) is 10.8 Å². The fraction of sp³-hybridized carbons (Fsp3) is 0.476. The van der Waals surface area contributed by atoms with Gasteiger partial charge in [0.1, 0.15) is 4.21 Å². The van der Waals surface area contributed by atoms with Crippen LogP contribution in [0.2, 0.25) is 0 Å². The summed E-state index contributed by atoms with van der Waals surface area (Å²) in [4.78, 5) is 15.1. The van der Waals surface area contributed by atoms with Crippen LogP contribution < -0.4 is 5.14 Å². The Balaban J connectivity index is 1.44. The number of primary sulfonamides is 1. The van der Waals surface area contributed by atoms with E-state index in [4.69, 9.17) is 9.88 Å². The van der Waals surface area contributed by atoms with Crippen LogP contribution in [-0.4, -0.2) is 14.5 Å². The SMILES string of the molecule is CC1(CC2Cc3cc4c(c(N=C=O)c3C2)CCC4)OCc2c1csc2S(N)(=O)=O. The lowest BCUT2D eigenvalue weighted by atomic mass is 9.85. The van der Waals surface area contributed by atoms with Gasteiger partial charge in [-0.05, 0) is 79.0 Å². The molecule has 5 rings (SSSR count). The van der Waals surface area contributed by atoms with Crippen LogP contribution in [0.5, 0.6) is 0 Å². The average molecular weight is 431 g/mol. The quantitative estimate of drug-likeness (QED) is 0.594. The van der Waals surface area contributed by atoms with Crippen LogP contribution >= 0.6 is 11.3 Å². The zero-order valence-electron chi connectivity index (χ0n) is 16.2. The molecule has 0 amide bonds. The molecule has 2 atom stereocenters. The van der Waals surface area contributed by atoms with E-state index in [0.717, 1.165) is 49.8 Å². The molecule has 2 N–H and O–H groups in total. The number of nitrogens with zero attached hydrogens (tertiary/aromatic N) is 1. The molecule has 2 aromatic rings. The maximum Gasteiger partial charge on any atom is 0.247 e. The van der Waals surface area contributed by atoms with Gasteiger partial charge in [0.15, 0.2) is 0 Å². The highest BCUT2D eigenvalue weighted by molar-refractivity contribution is 7.91. The fourth-order valence-corrected chi connectivity index (χ4v) is 7.57. The summed E-state index contributed by atoms with van der Waals surface area (Å²) >= 11 is 1.18. The molecule has 1 aromatic carbocycles. The largest absolute Gasteiger partial charge is 0.366 e. The molecule has 3 aliphatic rings. The number of thiophene rings is 1. The topological polar surface area (TPSA) is 98.8 Å². The predicted molar refractivity (Wildman–Crippen MR) is 110 cm³/mol. The molecule has 1 aromatic heterocycles. The second kappa shape index (κ2) is 6.59. The van der Waals surface area contributed by atoms with Gasteiger partial charge in [-0.15, -0.1) is 11.3 Å². The molecule has 2 heterocycles. The number of sulfonamides is 1. The molecule has 0 fully saturated rings. The third kappa shape index (κ3) is 3.02. The number of isocyanates is 1. The Morgan fingerprint density at radius 2 is 2.10 bits per heavy atom. The number of aryl methyl sites for hydroxylation is 1. The van der Waals surface area contributed by atoms with Crippen LogP contribution in [-0.2, 0) is 57.4 Å². The summed E-state index contributed by atoms with van der Waals surface area (Å²) in [6.07, 6.45) is 7.44. The number of fused-ring (bicyclic) bond motifs is 3. The Hall–Kier alpha value is -1.83. The first kappa shape index (κ1) is 19.2. The number of aliphatic imine (C=N–C) groups is 1. The monoisotopic (exact) mass is 430 g/mol. The van der Waals surface area contributed by atoms with Crippen molar-refractivity contribution >= 4 is 33.1 Å². The first-order valence-electron chi connectivity index (χ1n) is 9.82. The highest BCUT2D eigenvalue weighted by Crippen LogP contribution is 2.49. The minimum Gasteiger partial charge on any atom is -0.366 e. The van der Waals surface area contributed by atoms with E-state index >= 15 is 0 Å². The van der Waals surface area contributed by atoms with Gasteiger partial charge in [0.25, 0.3) is 0 Å². The van der Waals surface area contributed by atoms with Crippen molar-refractivity contribution in [2.45, 2.75) is 61.9 Å². The van der Waals surface area contributed by atoms with E-state index in [1.54, 1.807) is 6.08 Å². The van der Waals surface area contributed by atoms with E-state index < -0.39 is 15.6 Å². The van der Waals surface area contributed by atoms with Crippen LogP contribution in [0, 0.1) is 5.92 Å². The number of ether oxygens (including phenoxy) is 1. The van der Waals surface area contributed by atoms with Crippen molar-refractivity contribution in [2.75, 3.05) is 0 Å². The number of carbonyl (C=O) groups excluding carboxylic acids is 1. The summed E-state index contributed by atoms with van der Waals surface area (Å²) in [7, 11) is -3.73. The fourth-order valence-electron chi connectivity index (χ4n) is 5.45. The molecule has 2 aliphatic carbocycles. The van der Waals surface area contributed by atoms with Crippen molar-refractivity contribution in [3.8, 4) is 0 Å². The summed E-state index contributed by atoms with van der Waals surface area (Å²) < 4.78 is 30.0. The van der Waals surface area contributed by atoms with E-state index in [9.17, 15) is 13.2 Å². The van der Waals surface area contributed by atoms with E-state index in [0.29, 0.717) is 11.5 Å². The summed E-state index contributed by atoms with van der Waals surface area (Å²) in [6.45, 7) is 2.31. The molecular weight excluding hydrogens is 408 g/mol. The predicted octanol–water partition coefficient (Wildman–Crippen LogP) is 3.40. The number of hydrogen-bond donors (Lipinski definition) is 1. The molecule has 0 radical (unpaired) electrons. The van der Waals surface area contributed by atoms with Crippen molar-refractivity contribution < 1.29 is 17.9 Å². The van der Waals surface area contributed by atoms with Gasteiger partial charge in [-0.2, -0.15) is 4.99 Å². The van der Waals surface area contributed by atoms with Crippen LogP contribution in [0.3, 0.4) is 0 Å². The van der Waals surface area contributed by atoms with Crippen LogP contribution in [0.15, 0.2) is 20.6 Å².